The summed E-state index contributed by atoms with van der Waals surface area (Å²) in [6.07, 6.45) is 3.98. The van der Waals surface area contributed by atoms with Crippen molar-refractivity contribution in [3.05, 3.63) is 0 Å². The van der Waals surface area contributed by atoms with E-state index in [2.05, 4.69) is 11.7 Å². The third-order valence-corrected chi connectivity index (χ3v) is 2.76. The normalized spacial score (nSPS) is 18.2. The van der Waals surface area contributed by atoms with Gasteiger partial charge in [0.15, 0.2) is 0 Å². The van der Waals surface area contributed by atoms with Gasteiger partial charge in [-0.15, -0.1) is 0 Å². The lowest BCUT2D eigenvalue weighted by Gasteiger charge is -2.40. The van der Waals surface area contributed by atoms with Gasteiger partial charge in [0.2, 0.25) is 0 Å². The molecule has 1 heterocycles. The van der Waals surface area contributed by atoms with Crippen LogP contribution in [0.5, 0.6) is 0 Å². The van der Waals surface area contributed by atoms with E-state index in [1.165, 1.54) is 0 Å². The predicted octanol–water partition coefficient (Wildman–Crippen LogP) is 1.53. The number of carbonyl (C=O) groups excluding carboxylic acids is 1. The molecule has 1 rings (SSSR count). The van der Waals surface area contributed by atoms with Crippen molar-refractivity contribution in [1.29, 1.82) is 0 Å². The SMILES string of the molecule is CCC1(OCCCCCOC=O)COC1. The van der Waals surface area contributed by atoms with Gasteiger partial charge in [-0.2, -0.15) is 0 Å². The Hall–Kier alpha value is -0.610. The van der Waals surface area contributed by atoms with Gasteiger partial charge in [0, 0.05) is 6.61 Å². The summed E-state index contributed by atoms with van der Waals surface area (Å²) in [6, 6.07) is 0. The lowest BCUT2D eigenvalue weighted by atomic mass is 9.99. The predicted molar refractivity (Wildman–Crippen MR) is 55.7 cm³/mol. The zero-order valence-electron chi connectivity index (χ0n) is 9.37. The van der Waals surface area contributed by atoms with Crippen LogP contribution in [0, 0.1) is 0 Å². The van der Waals surface area contributed by atoms with Gasteiger partial charge in [-0.1, -0.05) is 6.92 Å². The van der Waals surface area contributed by atoms with E-state index in [1.807, 2.05) is 0 Å². The molecule has 88 valence electrons. The Morgan fingerprint density at radius 1 is 1.27 bits per heavy atom. The fraction of sp³-hybridized carbons (Fsp3) is 0.909. The molecule has 0 atom stereocenters. The van der Waals surface area contributed by atoms with Crippen molar-refractivity contribution < 1.29 is 19.0 Å². The largest absolute Gasteiger partial charge is 0.468 e. The standard InChI is InChI=1S/C11H20O4/c1-2-11(8-14-9-11)15-7-5-3-4-6-13-10-12/h10H,2-9H2,1H3. The molecule has 1 aliphatic rings. The topological polar surface area (TPSA) is 44.8 Å². The first-order chi connectivity index (χ1) is 7.33. The highest BCUT2D eigenvalue weighted by molar-refractivity contribution is 5.36. The lowest BCUT2D eigenvalue weighted by Crippen LogP contribution is -2.51. The molecule has 4 nitrogen and oxygen atoms in total. The van der Waals surface area contributed by atoms with Gasteiger partial charge in [0.05, 0.1) is 19.8 Å². The van der Waals surface area contributed by atoms with Crippen LogP contribution in [-0.2, 0) is 19.0 Å². The summed E-state index contributed by atoms with van der Waals surface area (Å²) in [7, 11) is 0. The van der Waals surface area contributed by atoms with Crippen molar-refractivity contribution in [1.82, 2.24) is 0 Å². The summed E-state index contributed by atoms with van der Waals surface area (Å²) in [4.78, 5) is 9.85. The molecule has 0 aromatic rings. The highest BCUT2D eigenvalue weighted by Crippen LogP contribution is 2.25. The summed E-state index contributed by atoms with van der Waals surface area (Å²) in [5.41, 5.74) is -0.000698. The second-order valence-corrected chi connectivity index (χ2v) is 3.91. The minimum Gasteiger partial charge on any atom is -0.468 e. The molecule has 0 aromatic carbocycles. The zero-order valence-corrected chi connectivity index (χ0v) is 9.37. The summed E-state index contributed by atoms with van der Waals surface area (Å²) in [5.74, 6) is 0. The lowest BCUT2D eigenvalue weighted by molar-refractivity contribution is -0.211. The van der Waals surface area contributed by atoms with Gasteiger partial charge in [-0.25, -0.2) is 0 Å². The molecule has 0 N–H and O–H groups in total. The van der Waals surface area contributed by atoms with Crippen molar-refractivity contribution >= 4 is 6.47 Å². The number of unbranched alkanes of at least 4 members (excludes halogenated alkanes) is 2. The van der Waals surface area contributed by atoms with Crippen LogP contribution in [0.1, 0.15) is 32.6 Å². The number of rotatable bonds is 9. The molecule has 0 bridgehead atoms. The first kappa shape index (κ1) is 12.5. The molecule has 1 fully saturated rings. The van der Waals surface area contributed by atoms with E-state index in [0.29, 0.717) is 13.1 Å². The maximum absolute atomic E-state index is 9.85. The second kappa shape index (κ2) is 6.80. The van der Waals surface area contributed by atoms with E-state index in [0.717, 1.165) is 45.5 Å². The Kier molecular flexibility index (Phi) is 5.65. The maximum atomic E-state index is 9.85. The van der Waals surface area contributed by atoms with Gasteiger partial charge < -0.3 is 14.2 Å². The van der Waals surface area contributed by atoms with Crippen molar-refractivity contribution in [2.45, 2.75) is 38.2 Å². The molecular formula is C11H20O4. The molecular weight excluding hydrogens is 196 g/mol. The van der Waals surface area contributed by atoms with Crippen LogP contribution in [0.4, 0.5) is 0 Å². The fourth-order valence-corrected chi connectivity index (χ4v) is 1.52. The zero-order chi connectivity index (χ0) is 11.0. The molecule has 0 spiro atoms. The molecule has 0 aliphatic carbocycles. The molecule has 15 heavy (non-hydrogen) atoms. The first-order valence-electron chi connectivity index (χ1n) is 5.60. The monoisotopic (exact) mass is 216 g/mol. The molecule has 0 aromatic heterocycles. The van der Waals surface area contributed by atoms with E-state index in [4.69, 9.17) is 9.47 Å². The Morgan fingerprint density at radius 3 is 2.53 bits per heavy atom. The van der Waals surface area contributed by atoms with E-state index in [1.54, 1.807) is 0 Å². The number of ether oxygens (including phenoxy) is 3. The molecule has 0 saturated carbocycles. The summed E-state index contributed by atoms with van der Waals surface area (Å²) in [5, 5.41) is 0. The highest BCUT2D eigenvalue weighted by Gasteiger charge is 2.37. The third kappa shape index (κ3) is 4.18. The smallest absolute Gasteiger partial charge is 0.293 e. The van der Waals surface area contributed by atoms with Gasteiger partial charge in [0.25, 0.3) is 6.47 Å². The summed E-state index contributed by atoms with van der Waals surface area (Å²) >= 11 is 0. The number of hydrogen-bond donors (Lipinski definition) is 0. The van der Waals surface area contributed by atoms with Crippen LogP contribution in [0.25, 0.3) is 0 Å². The molecule has 0 radical (unpaired) electrons. The van der Waals surface area contributed by atoms with E-state index >= 15 is 0 Å². The average molecular weight is 216 g/mol. The molecule has 1 saturated heterocycles. The quantitative estimate of drug-likeness (QED) is 0.433. The molecule has 4 heteroatoms. The van der Waals surface area contributed by atoms with Gasteiger partial charge in [-0.3, -0.25) is 4.79 Å². The van der Waals surface area contributed by atoms with E-state index in [-0.39, 0.29) is 5.60 Å². The van der Waals surface area contributed by atoms with Crippen molar-refractivity contribution in [2.24, 2.45) is 0 Å². The van der Waals surface area contributed by atoms with E-state index < -0.39 is 0 Å². The van der Waals surface area contributed by atoms with Crippen LogP contribution in [0.3, 0.4) is 0 Å². The maximum Gasteiger partial charge on any atom is 0.293 e. The van der Waals surface area contributed by atoms with Crippen LogP contribution in [0.15, 0.2) is 0 Å². The van der Waals surface area contributed by atoms with Crippen molar-refractivity contribution in [3.63, 3.8) is 0 Å². The van der Waals surface area contributed by atoms with Gasteiger partial charge in [0.1, 0.15) is 5.60 Å². The highest BCUT2D eigenvalue weighted by atomic mass is 16.6. The molecule has 1 aliphatic heterocycles. The fourth-order valence-electron chi connectivity index (χ4n) is 1.52. The third-order valence-electron chi connectivity index (χ3n) is 2.76. The molecule has 0 amide bonds. The van der Waals surface area contributed by atoms with Crippen LogP contribution in [-0.4, -0.2) is 38.5 Å². The van der Waals surface area contributed by atoms with Crippen LogP contribution in [0.2, 0.25) is 0 Å². The minimum atomic E-state index is -0.000698. The van der Waals surface area contributed by atoms with E-state index in [9.17, 15) is 4.79 Å². The first-order valence-corrected chi connectivity index (χ1v) is 5.60. The van der Waals surface area contributed by atoms with Crippen LogP contribution >= 0.6 is 0 Å². The Balaban J connectivity index is 1.90. The number of carbonyl (C=O) groups is 1. The average Bonchev–Trinajstić information content (AvgIpc) is 2.20. The van der Waals surface area contributed by atoms with Gasteiger partial charge >= 0.3 is 0 Å². The molecule has 0 unspecified atom stereocenters. The van der Waals surface area contributed by atoms with Gasteiger partial charge in [-0.05, 0) is 25.7 Å². The Labute approximate surface area is 90.9 Å². The number of hydrogen-bond acceptors (Lipinski definition) is 4. The van der Waals surface area contributed by atoms with Crippen molar-refractivity contribution in [2.75, 3.05) is 26.4 Å². The summed E-state index contributed by atoms with van der Waals surface area (Å²) in [6.45, 7) is 5.38. The second-order valence-electron chi connectivity index (χ2n) is 3.91. The summed E-state index contributed by atoms with van der Waals surface area (Å²) < 4.78 is 15.5. The van der Waals surface area contributed by atoms with Crippen LogP contribution < -0.4 is 0 Å². The Bertz CT molecular complexity index is 172. The Morgan fingerprint density at radius 2 is 2.00 bits per heavy atom. The van der Waals surface area contributed by atoms with Crippen molar-refractivity contribution in [3.8, 4) is 0 Å². The minimum absolute atomic E-state index is 0.000698.